The largest absolute Gasteiger partial charge is 0.465 e. The van der Waals surface area contributed by atoms with E-state index in [9.17, 15) is 18.0 Å². The summed E-state index contributed by atoms with van der Waals surface area (Å²) in [4.78, 5) is 11.4. The van der Waals surface area contributed by atoms with E-state index in [1.54, 1.807) is 6.92 Å². The Kier molecular flexibility index (Phi) is 5.16. The number of rotatable bonds is 4. The number of hydrogen-bond donors (Lipinski definition) is 1. The quantitative estimate of drug-likeness (QED) is 0.868. The summed E-state index contributed by atoms with van der Waals surface area (Å²) in [5.41, 5.74) is -1.87. The summed E-state index contributed by atoms with van der Waals surface area (Å²) >= 11 is 0. The lowest BCUT2D eigenvalue weighted by Crippen LogP contribution is -2.53. The Morgan fingerprint density at radius 3 is 2.86 bits per heavy atom. The van der Waals surface area contributed by atoms with Crippen molar-refractivity contribution in [3.8, 4) is 0 Å². The molecule has 0 amide bonds. The molecule has 1 aromatic heterocycles. The van der Waals surface area contributed by atoms with E-state index in [1.807, 2.05) is 0 Å². The molecule has 124 valence electrons. The van der Waals surface area contributed by atoms with E-state index in [0.717, 1.165) is 12.8 Å². The number of halogens is 3. The van der Waals surface area contributed by atoms with Gasteiger partial charge in [0.15, 0.2) is 0 Å². The molecule has 1 unspecified atom stereocenters. The number of aromatic nitrogens is 1. The van der Waals surface area contributed by atoms with Crippen LogP contribution in [0.3, 0.4) is 0 Å². The van der Waals surface area contributed by atoms with E-state index in [0.29, 0.717) is 13.0 Å². The second-order valence-electron chi connectivity index (χ2n) is 5.52. The molecule has 1 aliphatic rings. The van der Waals surface area contributed by atoms with Gasteiger partial charge in [0.1, 0.15) is 12.1 Å². The Morgan fingerprint density at radius 2 is 2.18 bits per heavy atom. The molecule has 2 heterocycles. The fourth-order valence-corrected chi connectivity index (χ4v) is 2.88. The predicted molar refractivity (Wildman–Crippen MR) is 75.3 cm³/mol. The highest BCUT2D eigenvalue weighted by atomic mass is 19.4. The van der Waals surface area contributed by atoms with Gasteiger partial charge in [0.05, 0.1) is 6.61 Å². The number of ether oxygens (including phenoxy) is 1. The van der Waals surface area contributed by atoms with Crippen LogP contribution < -0.4 is 5.32 Å². The molecule has 1 atom stereocenters. The lowest BCUT2D eigenvalue weighted by Gasteiger charge is -2.35. The van der Waals surface area contributed by atoms with Crippen molar-refractivity contribution in [2.24, 2.45) is 0 Å². The minimum atomic E-state index is -4.38. The highest BCUT2D eigenvalue weighted by Gasteiger charge is 2.55. The highest BCUT2D eigenvalue weighted by molar-refractivity contribution is 5.69. The molecule has 0 spiro atoms. The van der Waals surface area contributed by atoms with Crippen LogP contribution in [0.25, 0.3) is 0 Å². The van der Waals surface area contributed by atoms with Crippen LogP contribution in [0.2, 0.25) is 0 Å². The van der Waals surface area contributed by atoms with Crippen LogP contribution in [0.1, 0.15) is 38.2 Å². The molecule has 1 saturated heterocycles. The van der Waals surface area contributed by atoms with Gasteiger partial charge in [-0.05, 0) is 37.9 Å². The predicted octanol–water partition coefficient (Wildman–Crippen LogP) is 2.97. The van der Waals surface area contributed by atoms with Gasteiger partial charge in [-0.3, -0.25) is 10.1 Å². The summed E-state index contributed by atoms with van der Waals surface area (Å²) in [7, 11) is 0. The van der Waals surface area contributed by atoms with Crippen molar-refractivity contribution in [3.05, 3.63) is 24.0 Å². The van der Waals surface area contributed by atoms with Gasteiger partial charge in [-0.2, -0.15) is 13.2 Å². The molecule has 0 radical (unpaired) electrons. The van der Waals surface area contributed by atoms with Crippen molar-refractivity contribution in [2.45, 2.75) is 50.9 Å². The number of hydrogen-bond acceptors (Lipinski definition) is 3. The first-order valence-electron chi connectivity index (χ1n) is 7.52. The molecule has 2 rings (SSSR count). The molecule has 1 N–H and O–H groups in total. The maximum atomic E-state index is 13.7. The standard InChI is InChI=1S/C15H21F3N2O2/c1-2-22-13(21)11-20-9-6-12(10-20)14(15(16,17)18)7-4-3-5-8-19-14/h6,9-10,19H,2-5,7-8,11H2,1H3. The van der Waals surface area contributed by atoms with E-state index in [4.69, 9.17) is 4.74 Å². The van der Waals surface area contributed by atoms with Crippen molar-refractivity contribution in [1.82, 2.24) is 9.88 Å². The van der Waals surface area contributed by atoms with E-state index in [2.05, 4.69) is 5.32 Å². The normalized spacial score (nSPS) is 23.1. The molecular weight excluding hydrogens is 297 g/mol. The summed E-state index contributed by atoms with van der Waals surface area (Å²) in [6.07, 6.45) is 0.563. The van der Waals surface area contributed by atoms with Crippen molar-refractivity contribution in [3.63, 3.8) is 0 Å². The van der Waals surface area contributed by atoms with Crippen LogP contribution in [-0.2, 0) is 21.6 Å². The zero-order valence-corrected chi connectivity index (χ0v) is 12.6. The van der Waals surface area contributed by atoms with Crippen molar-refractivity contribution in [1.29, 1.82) is 0 Å². The first-order valence-corrected chi connectivity index (χ1v) is 7.52. The Labute approximate surface area is 127 Å². The molecule has 1 aromatic rings. The molecule has 1 aliphatic heterocycles. The van der Waals surface area contributed by atoms with Crippen molar-refractivity contribution < 1.29 is 22.7 Å². The maximum Gasteiger partial charge on any atom is 0.410 e. The Morgan fingerprint density at radius 1 is 1.41 bits per heavy atom. The van der Waals surface area contributed by atoms with Gasteiger partial charge in [-0.25, -0.2) is 0 Å². The van der Waals surface area contributed by atoms with Crippen LogP contribution in [0.5, 0.6) is 0 Å². The minimum absolute atomic E-state index is 0.0138. The number of nitrogens with zero attached hydrogens (tertiary/aromatic N) is 1. The third-order valence-corrected chi connectivity index (χ3v) is 4.00. The first-order chi connectivity index (χ1) is 10.4. The monoisotopic (exact) mass is 318 g/mol. The summed E-state index contributed by atoms with van der Waals surface area (Å²) in [6, 6.07) is 1.44. The molecule has 4 nitrogen and oxygen atoms in total. The molecule has 0 aromatic carbocycles. The number of carbonyl (C=O) groups is 1. The van der Waals surface area contributed by atoms with Crippen LogP contribution in [0, 0.1) is 0 Å². The average molecular weight is 318 g/mol. The Balaban J connectivity index is 2.25. The van der Waals surface area contributed by atoms with Crippen LogP contribution in [0.15, 0.2) is 18.5 Å². The van der Waals surface area contributed by atoms with E-state index in [1.165, 1.54) is 23.0 Å². The fourth-order valence-electron chi connectivity index (χ4n) is 2.88. The number of nitrogens with one attached hydrogen (secondary N) is 1. The number of carbonyl (C=O) groups excluding carboxylic acids is 1. The molecule has 22 heavy (non-hydrogen) atoms. The minimum Gasteiger partial charge on any atom is -0.465 e. The third kappa shape index (κ3) is 3.45. The fraction of sp³-hybridized carbons (Fsp3) is 0.667. The lowest BCUT2D eigenvalue weighted by atomic mass is 9.86. The van der Waals surface area contributed by atoms with Gasteiger partial charge < -0.3 is 9.30 Å². The van der Waals surface area contributed by atoms with Crippen LogP contribution >= 0.6 is 0 Å². The van der Waals surface area contributed by atoms with Gasteiger partial charge in [0, 0.05) is 12.4 Å². The van der Waals surface area contributed by atoms with Crippen molar-refractivity contribution in [2.75, 3.05) is 13.2 Å². The van der Waals surface area contributed by atoms with Gasteiger partial charge in [-0.15, -0.1) is 0 Å². The zero-order valence-electron chi connectivity index (χ0n) is 12.6. The second-order valence-corrected chi connectivity index (χ2v) is 5.52. The summed E-state index contributed by atoms with van der Waals surface area (Å²) in [5, 5.41) is 2.69. The molecule has 0 saturated carbocycles. The molecule has 7 heteroatoms. The van der Waals surface area contributed by atoms with Gasteiger partial charge >= 0.3 is 12.1 Å². The second kappa shape index (κ2) is 6.73. The summed E-state index contributed by atoms with van der Waals surface area (Å²) < 4.78 is 47.3. The zero-order chi connectivity index (χ0) is 16.2. The van der Waals surface area contributed by atoms with E-state index in [-0.39, 0.29) is 25.1 Å². The summed E-state index contributed by atoms with van der Waals surface area (Å²) in [6.45, 7) is 2.19. The molecule has 1 fully saturated rings. The number of esters is 1. The first kappa shape index (κ1) is 16.9. The highest BCUT2D eigenvalue weighted by Crippen LogP contribution is 2.44. The topological polar surface area (TPSA) is 43.3 Å². The lowest BCUT2D eigenvalue weighted by molar-refractivity contribution is -0.202. The van der Waals surface area contributed by atoms with E-state index < -0.39 is 17.7 Å². The molecule has 0 aliphatic carbocycles. The number of alkyl halides is 3. The van der Waals surface area contributed by atoms with Crippen molar-refractivity contribution >= 4 is 5.97 Å². The summed E-state index contributed by atoms with van der Waals surface area (Å²) in [5.74, 6) is -0.459. The van der Waals surface area contributed by atoms with Crippen LogP contribution in [0.4, 0.5) is 13.2 Å². The maximum absolute atomic E-state index is 13.7. The van der Waals surface area contributed by atoms with Gasteiger partial charge in [0.2, 0.25) is 0 Å². The Bertz CT molecular complexity index is 503. The SMILES string of the molecule is CCOC(=O)Cn1ccc(C2(C(F)(F)F)CCCCCN2)c1. The van der Waals surface area contributed by atoms with Gasteiger partial charge in [-0.1, -0.05) is 12.8 Å². The van der Waals surface area contributed by atoms with E-state index >= 15 is 0 Å². The average Bonchev–Trinajstić information content (AvgIpc) is 2.73. The smallest absolute Gasteiger partial charge is 0.410 e. The Hall–Kier alpha value is -1.50. The van der Waals surface area contributed by atoms with Crippen LogP contribution in [-0.4, -0.2) is 29.9 Å². The molecular formula is C15H21F3N2O2. The third-order valence-electron chi connectivity index (χ3n) is 4.00. The molecule has 0 bridgehead atoms. The van der Waals surface area contributed by atoms with Gasteiger partial charge in [0.25, 0.3) is 0 Å².